The molecule has 192 valence electrons. The van der Waals surface area contributed by atoms with Gasteiger partial charge < -0.3 is 24.4 Å². The average Bonchev–Trinajstić information content (AvgIpc) is 3.16. The molecule has 37 heavy (non-hydrogen) atoms. The number of aliphatic hydroxyl groups is 1. The molecular weight excluding hydrogens is 536 g/mol. The summed E-state index contributed by atoms with van der Waals surface area (Å²) < 4.78 is 12.4. The van der Waals surface area contributed by atoms with Crippen molar-refractivity contribution < 1.29 is 24.2 Å². The smallest absolute Gasteiger partial charge is 0.295 e. The van der Waals surface area contributed by atoms with Gasteiger partial charge in [0.05, 0.1) is 18.7 Å². The molecule has 1 unspecified atom stereocenters. The van der Waals surface area contributed by atoms with E-state index in [1.165, 1.54) is 4.90 Å². The van der Waals surface area contributed by atoms with E-state index in [1.807, 2.05) is 49.3 Å². The summed E-state index contributed by atoms with van der Waals surface area (Å²) in [4.78, 5) is 29.8. The number of rotatable bonds is 9. The molecule has 1 aliphatic heterocycles. The van der Waals surface area contributed by atoms with Gasteiger partial charge >= 0.3 is 0 Å². The highest BCUT2D eigenvalue weighted by Gasteiger charge is 2.46. The van der Waals surface area contributed by atoms with Crippen molar-refractivity contribution in [2.75, 3.05) is 34.3 Å². The maximum atomic E-state index is 13.2. The van der Waals surface area contributed by atoms with Gasteiger partial charge in [-0.05, 0) is 49.5 Å². The van der Waals surface area contributed by atoms with Gasteiger partial charge in [-0.25, -0.2) is 0 Å². The van der Waals surface area contributed by atoms with Crippen molar-refractivity contribution in [3.05, 3.63) is 99.5 Å². The van der Waals surface area contributed by atoms with Crippen LogP contribution in [0.3, 0.4) is 0 Å². The number of carbonyl (C=O) groups excluding carboxylic acids is 2. The van der Waals surface area contributed by atoms with Crippen LogP contribution in [0.5, 0.6) is 11.5 Å². The van der Waals surface area contributed by atoms with Crippen molar-refractivity contribution in [3.63, 3.8) is 0 Å². The SMILES string of the molecule is COc1cc(C2C(=C(O)c3ccc(Br)cc3)C(=O)C(=O)N2CCN(C)C)ccc1OCc1ccccc1. The molecule has 8 heteroatoms. The Bertz CT molecular complexity index is 1310. The molecule has 0 bridgehead atoms. The van der Waals surface area contributed by atoms with Crippen LogP contribution in [-0.4, -0.2) is 60.9 Å². The third-order valence-electron chi connectivity index (χ3n) is 6.19. The Labute approximate surface area is 225 Å². The predicted molar refractivity (Wildman–Crippen MR) is 145 cm³/mol. The van der Waals surface area contributed by atoms with Gasteiger partial charge in [0.2, 0.25) is 0 Å². The van der Waals surface area contributed by atoms with E-state index in [4.69, 9.17) is 9.47 Å². The maximum Gasteiger partial charge on any atom is 0.295 e. The number of hydrogen-bond donors (Lipinski definition) is 1. The number of methoxy groups -OCH3 is 1. The monoisotopic (exact) mass is 564 g/mol. The fraction of sp³-hybridized carbons (Fsp3) is 0.241. The Hall–Kier alpha value is -3.62. The minimum atomic E-state index is -0.777. The number of amides is 1. The first-order valence-electron chi connectivity index (χ1n) is 11.8. The molecule has 1 amide bonds. The summed E-state index contributed by atoms with van der Waals surface area (Å²) in [6.07, 6.45) is 0. The molecule has 7 nitrogen and oxygen atoms in total. The first kappa shape index (κ1) is 26.4. The summed E-state index contributed by atoms with van der Waals surface area (Å²) in [5, 5.41) is 11.2. The van der Waals surface area contributed by atoms with Crippen molar-refractivity contribution in [2.24, 2.45) is 0 Å². The van der Waals surface area contributed by atoms with Gasteiger partial charge in [0.25, 0.3) is 11.7 Å². The van der Waals surface area contributed by atoms with E-state index in [0.717, 1.165) is 10.0 Å². The number of ether oxygens (including phenoxy) is 2. The molecule has 0 spiro atoms. The number of ketones is 1. The van der Waals surface area contributed by atoms with Crippen LogP contribution in [0, 0.1) is 0 Å². The largest absolute Gasteiger partial charge is 0.507 e. The Kier molecular flexibility index (Phi) is 8.31. The standard InChI is InChI=1S/C29H29BrN2O5/c1-31(2)15-16-32-26(25(28(34)29(32)35)27(33)20-9-12-22(30)13-10-20)21-11-14-23(24(17-21)36-3)37-18-19-7-5-4-6-8-19/h4-14,17,26,33H,15-16,18H2,1-3H3. The van der Waals surface area contributed by atoms with E-state index < -0.39 is 17.7 Å². The molecule has 3 aromatic carbocycles. The van der Waals surface area contributed by atoms with Crippen LogP contribution < -0.4 is 9.47 Å². The van der Waals surface area contributed by atoms with Crippen LogP contribution in [0.15, 0.2) is 82.8 Å². The summed E-state index contributed by atoms with van der Waals surface area (Å²) in [5.41, 5.74) is 2.15. The number of aliphatic hydroxyl groups excluding tert-OH is 1. The van der Waals surface area contributed by atoms with Crippen molar-refractivity contribution in [2.45, 2.75) is 12.6 Å². The van der Waals surface area contributed by atoms with Gasteiger partial charge in [-0.3, -0.25) is 9.59 Å². The van der Waals surface area contributed by atoms with Crippen molar-refractivity contribution in [3.8, 4) is 11.5 Å². The molecule has 1 atom stereocenters. The summed E-state index contributed by atoms with van der Waals surface area (Å²) in [6.45, 7) is 1.23. The molecule has 3 aromatic rings. The van der Waals surface area contributed by atoms with Crippen molar-refractivity contribution in [1.82, 2.24) is 9.80 Å². The second-order valence-electron chi connectivity index (χ2n) is 8.99. The minimum Gasteiger partial charge on any atom is -0.507 e. The second kappa shape index (κ2) is 11.6. The van der Waals surface area contributed by atoms with E-state index in [0.29, 0.717) is 42.3 Å². The highest BCUT2D eigenvalue weighted by Crippen LogP contribution is 2.42. The normalized spacial score (nSPS) is 16.9. The summed E-state index contributed by atoms with van der Waals surface area (Å²) in [7, 11) is 5.34. The molecule has 1 aliphatic rings. The zero-order valence-electron chi connectivity index (χ0n) is 21.0. The zero-order chi connectivity index (χ0) is 26.5. The Balaban J connectivity index is 1.75. The fourth-order valence-corrected chi connectivity index (χ4v) is 4.50. The Morgan fingerprint density at radius 2 is 1.70 bits per heavy atom. The number of hydrogen-bond acceptors (Lipinski definition) is 6. The molecule has 0 saturated carbocycles. The van der Waals surface area contributed by atoms with Gasteiger partial charge in [-0.15, -0.1) is 0 Å². The summed E-state index contributed by atoms with van der Waals surface area (Å²) in [5.74, 6) is -0.573. The molecule has 0 aliphatic carbocycles. The summed E-state index contributed by atoms with van der Waals surface area (Å²) in [6, 6.07) is 21.3. The first-order valence-corrected chi connectivity index (χ1v) is 12.6. The lowest BCUT2D eigenvalue weighted by atomic mass is 9.95. The molecule has 0 aromatic heterocycles. The van der Waals surface area contributed by atoms with Gasteiger partial charge in [0.1, 0.15) is 12.4 Å². The van der Waals surface area contributed by atoms with Crippen molar-refractivity contribution in [1.29, 1.82) is 0 Å². The number of Topliss-reactive ketones (excluding diaryl/α,β-unsaturated/α-hetero) is 1. The summed E-state index contributed by atoms with van der Waals surface area (Å²) >= 11 is 3.38. The predicted octanol–water partition coefficient (Wildman–Crippen LogP) is 5.02. The fourth-order valence-electron chi connectivity index (χ4n) is 4.24. The lowest BCUT2D eigenvalue weighted by molar-refractivity contribution is -0.140. The molecule has 4 rings (SSSR count). The Morgan fingerprint density at radius 1 is 1.00 bits per heavy atom. The number of nitrogens with zero attached hydrogens (tertiary/aromatic N) is 2. The highest BCUT2D eigenvalue weighted by molar-refractivity contribution is 9.10. The molecule has 1 saturated heterocycles. The van der Waals surface area contributed by atoms with E-state index in [-0.39, 0.29) is 11.3 Å². The van der Waals surface area contributed by atoms with Crippen LogP contribution in [0.4, 0.5) is 0 Å². The van der Waals surface area contributed by atoms with Crippen LogP contribution in [0.25, 0.3) is 5.76 Å². The van der Waals surface area contributed by atoms with Crippen LogP contribution >= 0.6 is 15.9 Å². The molecule has 1 N–H and O–H groups in total. The van der Waals surface area contributed by atoms with Crippen molar-refractivity contribution >= 4 is 33.4 Å². The lowest BCUT2D eigenvalue weighted by Gasteiger charge is -2.27. The number of halogens is 1. The number of benzene rings is 3. The number of likely N-dealkylation sites (N-methyl/N-ethyl adjacent to an activating group) is 1. The van der Waals surface area contributed by atoms with Gasteiger partial charge in [-0.1, -0.05) is 64.5 Å². The van der Waals surface area contributed by atoms with E-state index >= 15 is 0 Å². The van der Waals surface area contributed by atoms with Crippen LogP contribution in [0.1, 0.15) is 22.7 Å². The third kappa shape index (κ3) is 5.87. The minimum absolute atomic E-state index is 0.0473. The number of carbonyl (C=O) groups is 2. The molecular formula is C29H29BrN2O5. The van der Waals surface area contributed by atoms with Crippen LogP contribution in [0.2, 0.25) is 0 Å². The average molecular weight is 565 g/mol. The lowest BCUT2D eigenvalue weighted by Crippen LogP contribution is -2.35. The van der Waals surface area contributed by atoms with E-state index in [1.54, 1.807) is 49.6 Å². The Morgan fingerprint density at radius 3 is 2.35 bits per heavy atom. The van der Waals surface area contributed by atoms with E-state index in [9.17, 15) is 14.7 Å². The van der Waals surface area contributed by atoms with Crippen LogP contribution in [-0.2, 0) is 16.2 Å². The maximum absolute atomic E-state index is 13.2. The van der Waals surface area contributed by atoms with Gasteiger partial charge in [0, 0.05) is 23.1 Å². The van der Waals surface area contributed by atoms with E-state index in [2.05, 4.69) is 15.9 Å². The molecule has 0 radical (unpaired) electrons. The zero-order valence-corrected chi connectivity index (χ0v) is 22.6. The van der Waals surface area contributed by atoms with Gasteiger partial charge in [0.15, 0.2) is 11.5 Å². The van der Waals surface area contributed by atoms with Gasteiger partial charge in [-0.2, -0.15) is 0 Å². The third-order valence-corrected chi connectivity index (χ3v) is 6.71. The quantitative estimate of drug-likeness (QED) is 0.223. The molecule has 1 fully saturated rings. The topological polar surface area (TPSA) is 79.3 Å². The molecule has 1 heterocycles. The first-order chi connectivity index (χ1) is 17.8. The number of likely N-dealkylation sites (tertiary alicyclic amines) is 1. The highest BCUT2D eigenvalue weighted by atomic mass is 79.9. The second-order valence-corrected chi connectivity index (χ2v) is 9.90.